The summed E-state index contributed by atoms with van der Waals surface area (Å²) in [6, 6.07) is 17.8. The highest BCUT2D eigenvalue weighted by molar-refractivity contribution is 14.1. The molecule has 5 nitrogen and oxygen atoms in total. The van der Waals surface area contributed by atoms with E-state index in [1.165, 1.54) is 10.8 Å². The third-order valence-electron chi connectivity index (χ3n) is 4.30. The molecule has 28 heavy (non-hydrogen) atoms. The van der Waals surface area contributed by atoms with Gasteiger partial charge in [-0.1, -0.05) is 42.5 Å². The predicted octanol–water partition coefficient (Wildman–Crippen LogP) is 4.81. The van der Waals surface area contributed by atoms with Gasteiger partial charge in [-0.25, -0.2) is 4.79 Å². The van der Waals surface area contributed by atoms with E-state index in [1.807, 2.05) is 30.3 Å². The first kappa shape index (κ1) is 19.2. The topological polar surface area (TPSA) is 67.4 Å². The molecule has 0 spiro atoms. The van der Waals surface area contributed by atoms with Crippen LogP contribution >= 0.6 is 45.2 Å². The molecule has 0 bridgehead atoms. The summed E-state index contributed by atoms with van der Waals surface area (Å²) in [5.41, 5.74) is 2.18. The highest BCUT2D eigenvalue weighted by Gasteiger charge is 2.23. The van der Waals surface area contributed by atoms with Crippen molar-refractivity contribution < 1.29 is 14.3 Å². The van der Waals surface area contributed by atoms with E-state index in [2.05, 4.69) is 80.1 Å². The van der Waals surface area contributed by atoms with E-state index in [0.717, 1.165) is 24.0 Å². The number of carbonyl (C=O) groups is 2. The van der Waals surface area contributed by atoms with Gasteiger partial charge in [-0.3, -0.25) is 10.1 Å². The quantitative estimate of drug-likeness (QED) is 0.259. The normalized spacial score (nSPS) is 15.0. The summed E-state index contributed by atoms with van der Waals surface area (Å²) in [5, 5.41) is 7.06. The van der Waals surface area contributed by atoms with Crippen LogP contribution in [-0.4, -0.2) is 11.9 Å². The molecule has 0 aliphatic carbocycles. The number of imide groups is 1. The number of urea groups is 1. The minimum atomic E-state index is -0.504. The highest BCUT2D eigenvalue weighted by atomic mass is 127. The maximum atomic E-state index is 11.7. The van der Waals surface area contributed by atoms with Crippen LogP contribution in [0.4, 0.5) is 4.79 Å². The zero-order valence-electron chi connectivity index (χ0n) is 14.5. The first-order chi connectivity index (χ1) is 13.5. The molecule has 7 heteroatoms. The lowest BCUT2D eigenvalue weighted by atomic mass is 10.1. The molecule has 3 aromatic rings. The van der Waals surface area contributed by atoms with E-state index in [9.17, 15) is 9.59 Å². The summed E-state index contributed by atoms with van der Waals surface area (Å²) >= 11 is 4.44. The van der Waals surface area contributed by atoms with Crippen molar-refractivity contribution in [3.8, 4) is 5.75 Å². The number of ether oxygens (including phenoxy) is 1. The van der Waals surface area contributed by atoms with Gasteiger partial charge in [-0.2, -0.15) is 0 Å². The van der Waals surface area contributed by atoms with Crippen molar-refractivity contribution in [2.24, 2.45) is 0 Å². The molecule has 1 aliphatic rings. The molecular weight excluding hydrogens is 582 g/mol. The summed E-state index contributed by atoms with van der Waals surface area (Å²) in [5.74, 6) is 0.377. The van der Waals surface area contributed by atoms with E-state index in [0.29, 0.717) is 6.61 Å². The van der Waals surface area contributed by atoms with Crippen LogP contribution in [0.2, 0.25) is 0 Å². The van der Waals surface area contributed by atoms with E-state index >= 15 is 0 Å². The number of hydrogen-bond acceptors (Lipinski definition) is 3. The lowest BCUT2D eigenvalue weighted by Gasteiger charge is -2.13. The average Bonchev–Trinajstić information content (AvgIpc) is 2.98. The van der Waals surface area contributed by atoms with Gasteiger partial charge in [0.15, 0.2) is 0 Å². The Bertz CT molecular complexity index is 1110. The van der Waals surface area contributed by atoms with Gasteiger partial charge in [0.2, 0.25) is 0 Å². The van der Waals surface area contributed by atoms with Gasteiger partial charge >= 0.3 is 6.03 Å². The minimum Gasteiger partial charge on any atom is -0.487 e. The fourth-order valence-corrected chi connectivity index (χ4v) is 5.15. The second-order valence-corrected chi connectivity index (χ2v) is 8.53. The molecule has 0 saturated carbocycles. The van der Waals surface area contributed by atoms with Crippen LogP contribution < -0.4 is 15.4 Å². The number of halogens is 2. The Hall–Kier alpha value is -2.14. The van der Waals surface area contributed by atoms with Crippen LogP contribution in [0.5, 0.6) is 5.75 Å². The Morgan fingerprint density at radius 1 is 0.929 bits per heavy atom. The summed E-state index contributed by atoms with van der Waals surface area (Å²) in [7, 11) is 0. The molecule has 1 heterocycles. The van der Waals surface area contributed by atoms with E-state index in [-0.39, 0.29) is 5.70 Å². The smallest absolute Gasteiger partial charge is 0.326 e. The van der Waals surface area contributed by atoms with Crippen molar-refractivity contribution in [1.82, 2.24) is 10.6 Å². The van der Waals surface area contributed by atoms with Crippen molar-refractivity contribution in [3.63, 3.8) is 0 Å². The molecule has 2 N–H and O–H groups in total. The Kier molecular flexibility index (Phi) is 5.54. The largest absolute Gasteiger partial charge is 0.487 e. The highest BCUT2D eigenvalue weighted by Crippen LogP contribution is 2.31. The van der Waals surface area contributed by atoms with Crippen LogP contribution in [0.15, 0.2) is 60.3 Å². The molecule has 0 aromatic heterocycles. The molecule has 3 aromatic carbocycles. The van der Waals surface area contributed by atoms with Gasteiger partial charge in [0.25, 0.3) is 5.91 Å². The molecular formula is C21H14I2N2O3. The number of carbonyl (C=O) groups excluding carboxylic acids is 2. The second kappa shape index (κ2) is 8.08. The van der Waals surface area contributed by atoms with Crippen molar-refractivity contribution in [3.05, 3.63) is 78.6 Å². The lowest BCUT2D eigenvalue weighted by molar-refractivity contribution is -0.115. The summed E-state index contributed by atoms with van der Waals surface area (Å²) < 4.78 is 8.00. The van der Waals surface area contributed by atoms with Crippen LogP contribution in [0, 0.1) is 7.14 Å². The summed E-state index contributed by atoms with van der Waals surface area (Å²) in [4.78, 5) is 22.9. The molecule has 1 saturated heterocycles. The van der Waals surface area contributed by atoms with Gasteiger partial charge in [0, 0.05) is 0 Å². The fraction of sp³-hybridized carbons (Fsp3) is 0.0476. The molecule has 4 rings (SSSR count). The zero-order valence-corrected chi connectivity index (χ0v) is 18.8. The number of rotatable bonds is 4. The van der Waals surface area contributed by atoms with E-state index < -0.39 is 11.9 Å². The maximum Gasteiger partial charge on any atom is 0.326 e. The van der Waals surface area contributed by atoms with Gasteiger partial charge in [0.05, 0.1) is 7.14 Å². The molecule has 0 atom stereocenters. The predicted molar refractivity (Wildman–Crippen MR) is 125 cm³/mol. The third-order valence-corrected chi connectivity index (χ3v) is 5.91. The Balaban J connectivity index is 1.58. The van der Waals surface area contributed by atoms with Crippen LogP contribution in [-0.2, 0) is 11.4 Å². The standard InChI is InChI=1S/C21H14I2N2O3/c22-16-8-12(10-18-20(26)25-21(27)24-18)9-17(23)19(16)28-11-14-6-3-5-13-4-1-2-7-15(13)14/h1-10H,11H2,(H2,24,25,26,27)/b18-10+. The zero-order chi connectivity index (χ0) is 19.7. The van der Waals surface area contributed by atoms with E-state index in [4.69, 9.17) is 4.74 Å². The van der Waals surface area contributed by atoms with Crippen LogP contribution in [0.3, 0.4) is 0 Å². The number of benzene rings is 3. The molecule has 0 radical (unpaired) electrons. The Morgan fingerprint density at radius 3 is 2.36 bits per heavy atom. The fourth-order valence-electron chi connectivity index (χ4n) is 3.02. The van der Waals surface area contributed by atoms with Crippen molar-refractivity contribution in [1.29, 1.82) is 0 Å². The van der Waals surface area contributed by atoms with Gasteiger partial charge < -0.3 is 10.1 Å². The van der Waals surface area contributed by atoms with Gasteiger partial charge in [-0.15, -0.1) is 0 Å². The first-order valence-corrected chi connectivity index (χ1v) is 10.6. The maximum absolute atomic E-state index is 11.7. The third kappa shape index (κ3) is 4.00. The lowest BCUT2D eigenvalue weighted by Crippen LogP contribution is -2.22. The number of fused-ring (bicyclic) bond motifs is 1. The number of hydrogen-bond donors (Lipinski definition) is 2. The van der Waals surface area contributed by atoms with Crippen LogP contribution in [0.25, 0.3) is 16.8 Å². The van der Waals surface area contributed by atoms with E-state index in [1.54, 1.807) is 6.08 Å². The molecule has 0 unspecified atom stereocenters. The minimum absolute atomic E-state index is 0.237. The summed E-state index contributed by atoms with van der Waals surface area (Å²) in [6.07, 6.45) is 1.65. The van der Waals surface area contributed by atoms with Crippen LogP contribution in [0.1, 0.15) is 11.1 Å². The van der Waals surface area contributed by atoms with Gasteiger partial charge in [0.1, 0.15) is 18.1 Å². The average molecular weight is 596 g/mol. The number of amides is 3. The van der Waals surface area contributed by atoms with Crippen molar-refractivity contribution in [2.75, 3.05) is 0 Å². The Labute approximate surface area is 188 Å². The SMILES string of the molecule is O=C1NC(=O)/C(=C\c2cc(I)c(OCc3cccc4ccccc34)c(I)c2)N1. The monoisotopic (exact) mass is 596 g/mol. The van der Waals surface area contributed by atoms with Gasteiger partial charge in [-0.05, 0) is 85.3 Å². The Morgan fingerprint density at radius 2 is 1.64 bits per heavy atom. The molecule has 3 amide bonds. The van der Waals surface area contributed by atoms with Crippen molar-refractivity contribution in [2.45, 2.75) is 6.61 Å². The number of nitrogens with one attached hydrogen (secondary N) is 2. The molecule has 140 valence electrons. The molecule has 1 aliphatic heterocycles. The first-order valence-electron chi connectivity index (χ1n) is 8.44. The summed E-state index contributed by atoms with van der Waals surface area (Å²) in [6.45, 7) is 0.465. The molecule has 1 fully saturated rings. The van der Waals surface area contributed by atoms with Crippen molar-refractivity contribution >= 4 is 74.0 Å². The second-order valence-electron chi connectivity index (χ2n) is 6.21.